The number of fused-ring (bicyclic) bond motifs is 5. The molecule has 0 saturated carbocycles. The second-order valence-electron chi connectivity index (χ2n) is 8.57. The Morgan fingerprint density at radius 1 is 1.36 bits per heavy atom. The second-order valence-corrected chi connectivity index (χ2v) is 9.60. The topological polar surface area (TPSA) is 135 Å². The number of carboxylic acids is 1. The lowest BCUT2D eigenvalue weighted by Gasteiger charge is -2.50. The number of benzene rings is 1. The van der Waals surface area contributed by atoms with E-state index in [9.17, 15) is 22.9 Å². The highest BCUT2D eigenvalue weighted by Gasteiger charge is 2.58. The van der Waals surface area contributed by atoms with Gasteiger partial charge in [-0.15, -0.1) is 0 Å². The zero-order valence-electron chi connectivity index (χ0n) is 18.7. The van der Waals surface area contributed by atoms with Gasteiger partial charge in [-0.2, -0.15) is 8.42 Å². The van der Waals surface area contributed by atoms with Gasteiger partial charge in [0.15, 0.2) is 5.60 Å². The SMILES string of the molecule is CC[C@@H]1CN2CC[C@@]3(OS(=O)(=O)O)C(=Nc4cccc(OC)c43)C2C[C@@H]1/C(=C\OC)C(=O)O. The number of rotatable bonds is 7. The highest BCUT2D eigenvalue weighted by Crippen LogP contribution is 2.54. The van der Waals surface area contributed by atoms with Gasteiger partial charge in [-0.05, 0) is 30.4 Å². The molecule has 0 amide bonds. The lowest BCUT2D eigenvalue weighted by atomic mass is 9.70. The van der Waals surface area contributed by atoms with Crippen LogP contribution in [0.3, 0.4) is 0 Å². The van der Waals surface area contributed by atoms with Crippen molar-refractivity contribution in [1.29, 1.82) is 0 Å². The average molecular weight is 481 g/mol. The Balaban J connectivity index is 1.82. The number of methoxy groups -OCH3 is 2. The summed E-state index contributed by atoms with van der Waals surface area (Å²) in [7, 11) is -1.96. The fourth-order valence-electron chi connectivity index (χ4n) is 5.63. The maximum Gasteiger partial charge on any atom is 0.398 e. The van der Waals surface area contributed by atoms with Crippen LogP contribution in [0.2, 0.25) is 0 Å². The normalized spacial score (nSPS) is 29.5. The molecule has 2 N–H and O–H groups in total. The second kappa shape index (κ2) is 8.71. The fraction of sp³-hybridized carbons (Fsp3) is 0.545. The molecule has 0 aliphatic carbocycles. The largest absolute Gasteiger partial charge is 0.504 e. The molecule has 2 saturated heterocycles. The van der Waals surface area contributed by atoms with Crippen LogP contribution < -0.4 is 4.74 Å². The minimum atomic E-state index is -4.84. The molecule has 3 aliphatic heterocycles. The standard InChI is InChI=1S/C22H28N2O8S/c1-4-13-11-24-9-8-22(32-33(27,28)29)19-16(6-5-7-18(19)31-3)23-20(22)17(24)10-14(13)15(12-30-2)21(25)26/h5-7,12-14,17H,4,8-11H2,1-3H3,(H,25,26)(H,27,28,29)/b15-12+/t13-,14+,17?,22+/m1/s1. The van der Waals surface area contributed by atoms with Gasteiger partial charge in [0.1, 0.15) is 5.75 Å². The highest BCUT2D eigenvalue weighted by atomic mass is 32.3. The van der Waals surface area contributed by atoms with Crippen molar-refractivity contribution in [3.63, 3.8) is 0 Å². The van der Waals surface area contributed by atoms with Crippen LogP contribution in [0.25, 0.3) is 0 Å². The first-order chi connectivity index (χ1) is 15.6. The molecule has 1 aromatic rings. The van der Waals surface area contributed by atoms with E-state index in [4.69, 9.17) is 18.6 Å². The molecule has 0 aromatic heterocycles. The predicted octanol–water partition coefficient (Wildman–Crippen LogP) is 2.53. The Morgan fingerprint density at radius 2 is 2.12 bits per heavy atom. The first-order valence-corrected chi connectivity index (χ1v) is 12.2. The van der Waals surface area contributed by atoms with Gasteiger partial charge in [0, 0.05) is 19.5 Å². The molecule has 3 heterocycles. The molecule has 0 spiro atoms. The van der Waals surface area contributed by atoms with Gasteiger partial charge in [0.25, 0.3) is 0 Å². The number of aliphatic carboxylic acids is 1. The fourth-order valence-corrected chi connectivity index (χ4v) is 6.24. The monoisotopic (exact) mass is 480 g/mol. The first-order valence-electron chi connectivity index (χ1n) is 10.8. The van der Waals surface area contributed by atoms with Crippen molar-refractivity contribution in [2.45, 2.75) is 37.8 Å². The maximum absolute atomic E-state index is 12.0. The smallest absolute Gasteiger partial charge is 0.398 e. The van der Waals surface area contributed by atoms with Crippen LogP contribution >= 0.6 is 0 Å². The van der Waals surface area contributed by atoms with E-state index in [1.807, 2.05) is 6.92 Å². The molecule has 10 nitrogen and oxygen atoms in total. The summed E-state index contributed by atoms with van der Waals surface area (Å²) < 4.78 is 49.6. The molecule has 3 aliphatic rings. The van der Waals surface area contributed by atoms with Gasteiger partial charge in [-0.1, -0.05) is 19.4 Å². The van der Waals surface area contributed by atoms with Crippen molar-refractivity contribution in [2.24, 2.45) is 16.8 Å². The van der Waals surface area contributed by atoms with E-state index in [0.717, 1.165) is 6.42 Å². The lowest BCUT2D eigenvalue weighted by Crippen LogP contribution is -2.61. The summed E-state index contributed by atoms with van der Waals surface area (Å²) in [5.74, 6) is -0.896. The minimum absolute atomic E-state index is 0.0765. The number of nitrogens with zero attached hydrogens (tertiary/aromatic N) is 2. The van der Waals surface area contributed by atoms with E-state index in [1.54, 1.807) is 18.2 Å². The molecule has 0 radical (unpaired) electrons. The summed E-state index contributed by atoms with van der Waals surface area (Å²) in [6, 6.07) is 4.80. The van der Waals surface area contributed by atoms with Crippen LogP contribution in [0.1, 0.15) is 31.7 Å². The molecule has 0 bridgehead atoms. The average Bonchev–Trinajstić information content (AvgIpc) is 3.09. The zero-order valence-corrected chi connectivity index (χ0v) is 19.5. The van der Waals surface area contributed by atoms with Gasteiger partial charge >= 0.3 is 16.4 Å². The maximum atomic E-state index is 12.0. The number of carbonyl (C=O) groups is 1. The Morgan fingerprint density at radius 3 is 2.73 bits per heavy atom. The summed E-state index contributed by atoms with van der Waals surface area (Å²) in [5, 5.41) is 9.82. The van der Waals surface area contributed by atoms with Crippen molar-refractivity contribution in [3.8, 4) is 5.75 Å². The van der Waals surface area contributed by atoms with Crippen molar-refractivity contribution in [1.82, 2.24) is 4.90 Å². The van der Waals surface area contributed by atoms with Crippen molar-refractivity contribution < 1.29 is 36.5 Å². The highest BCUT2D eigenvalue weighted by molar-refractivity contribution is 7.81. The Labute approximate surface area is 192 Å². The third-order valence-electron chi connectivity index (χ3n) is 6.97. The van der Waals surface area contributed by atoms with Crippen LogP contribution in [-0.4, -0.2) is 68.0 Å². The molecule has 180 valence electrons. The zero-order chi connectivity index (χ0) is 24.0. The Bertz CT molecular complexity index is 1120. The summed E-state index contributed by atoms with van der Waals surface area (Å²) >= 11 is 0. The third kappa shape index (κ3) is 4.03. The molecule has 1 aromatic carbocycles. The van der Waals surface area contributed by atoms with E-state index in [-0.39, 0.29) is 29.9 Å². The van der Waals surface area contributed by atoms with Gasteiger partial charge in [-0.3, -0.25) is 14.4 Å². The van der Waals surface area contributed by atoms with Gasteiger partial charge in [0.05, 0.1) is 49.1 Å². The van der Waals surface area contributed by atoms with E-state index in [1.165, 1.54) is 20.5 Å². The molecule has 11 heteroatoms. The van der Waals surface area contributed by atoms with E-state index >= 15 is 0 Å². The van der Waals surface area contributed by atoms with Crippen LogP contribution in [-0.2, 0) is 29.7 Å². The summed E-state index contributed by atoms with van der Waals surface area (Å²) in [4.78, 5) is 19.0. The van der Waals surface area contributed by atoms with Crippen molar-refractivity contribution in [2.75, 3.05) is 27.3 Å². The number of hydrogen-bond acceptors (Lipinski definition) is 8. The minimum Gasteiger partial charge on any atom is -0.504 e. The summed E-state index contributed by atoms with van der Waals surface area (Å²) in [6.45, 7) is 3.12. The molecule has 33 heavy (non-hydrogen) atoms. The number of ether oxygens (including phenoxy) is 2. The first kappa shape index (κ1) is 23.7. The molecule has 1 unspecified atom stereocenters. The predicted molar refractivity (Wildman–Crippen MR) is 119 cm³/mol. The Hall–Kier alpha value is -2.47. The third-order valence-corrected chi connectivity index (χ3v) is 7.46. The summed E-state index contributed by atoms with van der Waals surface area (Å²) in [6.07, 6.45) is 2.68. The molecule has 4 atom stereocenters. The molecular weight excluding hydrogens is 452 g/mol. The van der Waals surface area contributed by atoms with Crippen LogP contribution in [0.15, 0.2) is 35.0 Å². The van der Waals surface area contributed by atoms with Crippen LogP contribution in [0.5, 0.6) is 5.75 Å². The van der Waals surface area contributed by atoms with Crippen LogP contribution in [0, 0.1) is 11.8 Å². The summed E-state index contributed by atoms with van der Waals surface area (Å²) in [5.41, 5.74) is 0.0566. The quantitative estimate of drug-likeness (QED) is 0.343. The van der Waals surface area contributed by atoms with E-state index in [0.29, 0.717) is 42.2 Å². The number of aliphatic imine (C=N–C) groups is 1. The molecule has 2 fully saturated rings. The Kier molecular flexibility index (Phi) is 6.25. The van der Waals surface area contributed by atoms with E-state index < -0.39 is 22.0 Å². The van der Waals surface area contributed by atoms with Gasteiger partial charge < -0.3 is 14.6 Å². The lowest BCUT2D eigenvalue weighted by molar-refractivity contribution is -0.134. The van der Waals surface area contributed by atoms with Gasteiger partial charge in [0.2, 0.25) is 0 Å². The number of piperidine rings is 2. The molecular formula is C22H28N2O8S. The van der Waals surface area contributed by atoms with Gasteiger partial charge in [-0.25, -0.2) is 8.98 Å². The number of hydrogen-bond donors (Lipinski definition) is 2. The van der Waals surface area contributed by atoms with Crippen molar-refractivity contribution in [3.05, 3.63) is 35.6 Å². The van der Waals surface area contributed by atoms with E-state index in [2.05, 4.69) is 4.90 Å². The van der Waals surface area contributed by atoms with Crippen molar-refractivity contribution >= 4 is 27.8 Å². The number of carboxylic acid groups (broad SMARTS) is 1. The molecule has 4 rings (SSSR count). The van der Waals surface area contributed by atoms with Crippen LogP contribution in [0.4, 0.5) is 5.69 Å².